The van der Waals surface area contributed by atoms with E-state index in [4.69, 9.17) is 0 Å². The summed E-state index contributed by atoms with van der Waals surface area (Å²) in [7, 11) is 0. The molecule has 2 atom stereocenters. The van der Waals surface area contributed by atoms with Crippen molar-refractivity contribution in [3.63, 3.8) is 0 Å². The highest BCUT2D eigenvalue weighted by atomic mass is 19.4. The molecule has 2 aromatic rings. The summed E-state index contributed by atoms with van der Waals surface area (Å²) in [4.78, 5) is 12.2. The van der Waals surface area contributed by atoms with E-state index in [1.807, 2.05) is 18.2 Å². The molecular formula is C17H13F3O. The molecule has 1 aliphatic carbocycles. The van der Waals surface area contributed by atoms with Gasteiger partial charge in [-0.2, -0.15) is 13.2 Å². The Balaban J connectivity index is 1.72. The van der Waals surface area contributed by atoms with Crippen molar-refractivity contribution in [3.8, 4) is 0 Å². The van der Waals surface area contributed by atoms with E-state index in [1.165, 1.54) is 12.1 Å². The summed E-state index contributed by atoms with van der Waals surface area (Å²) in [5, 5.41) is 0. The van der Waals surface area contributed by atoms with Crippen molar-refractivity contribution < 1.29 is 18.0 Å². The van der Waals surface area contributed by atoms with E-state index in [0.29, 0.717) is 12.0 Å². The van der Waals surface area contributed by atoms with Crippen molar-refractivity contribution in [3.05, 3.63) is 71.3 Å². The van der Waals surface area contributed by atoms with Crippen LogP contribution >= 0.6 is 0 Å². The molecule has 1 aliphatic rings. The summed E-state index contributed by atoms with van der Waals surface area (Å²) < 4.78 is 37.5. The first kappa shape index (κ1) is 13.9. The third kappa shape index (κ3) is 2.84. The van der Waals surface area contributed by atoms with Crippen LogP contribution in [0.5, 0.6) is 0 Å². The molecular weight excluding hydrogens is 277 g/mol. The number of rotatable bonds is 3. The number of ketones is 1. The molecule has 0 bridgehead atoms. The third-order valence-corrected chi connectivity index (χ3v) is 3.85. The number of hydrogen-bond acceptors (Lipinski definition) is 1. The zero-order valence-electron chi connectivity index (χ0n) is 11.1. The quantitative estimate of drug-likeness (QED) is 0.749. The Hall–Kier alpha value is -2.10. The Morgan fingerprint density at radius 1 is 0.952 bits per heavy atom. The van der Waals surface area contributed by atoms with Crippen molar-refractivity contribution in [2.45, 2.75) is 18.5 Å². The zero-order chi connectivity index (χ0) is 15.0. The van der Waals surface area contributed by atoms with Crippen LogP contribution in [0.15, 0.2) is 54.6 Å². The first-order valence-corrected chi connectivity index (χ1v) is 6.73. The van der Waals surface area contributed by atoms with Gasteiger partial charge in [0, 0.05) is 11.5 Å². The molecule has 1 fully saturated rings. The highest BCUT2D eigenvalue weighted by molar-refractivity contribution is 6.00. The maximum Gasteiger partial charge on any atom is 0.416 e. The normalized spacial score (nSPS) is 21.1. The van der Waals surface area contributed by atoms with Crippen LogP contribution in [0.1, 0.15) is 33.8 Å². The summed E-state index contributed by atoms with van der Waals surface area (Å²) in [5.74, 6) is 0.00428. The maximum absolute atomic E-state index is 12.5. The SMILES string of the molecule is O=C(c1ccccc1)C1CC1c1ccc(C(F)(F)F)cc1. The van der Waals surface area contributed by atoms with E-state index < -0.39 is 11.7 Å². The smallest absolute Gasteiger partial charge is 0.294 e. The second-order valence-electron chi connectivity index (χ2n) is 5.30. The fourth-order valence-electron chi connectivity index (χ4n) is 2.59. The Kier molecular flexibility index (Phi) is 3.32. The van der Waals surface area contributed by atoms with Crippen LogP contribution in [0.2, 0.25) is 0 Å². The van der Waals surface area contributed by atoms with Gasteiger partial charge in [0.05, 0.1) is 5.56 Å². The fourth-order valence-corrected chi connectivity index (χ4v) is 2.59. The van der Waals surface area contributed by atoms with E-state index in [1.54, 1.807) is 12.1 Å². The predicted octanol–water partition coefficient (Wildman–Crippen LogP) is 4.69. The third-order valence-electron chi connectivity index (χ3n) is 3.85. The van der Waals surface area contributed by atoms with Crippen LogP contribution < -0.4 is 0 Å². The molecule has 0 aliphatic heterocycles. The summed E-state index contributed by atoms with van der Waals surface area (Å²) in [6, 6.07) is 14.1. The molecule has 21 heavy (non-hydrogen) atoms. The lowest BCUT2D eigenvalue weighted by Gasteiger charge is -2.07. The van der Waals surface area contributed by atoms with Crippen LogP contribution in [-0.2, 0) is 6.18 Å². The Morgan fingerprint density at radius 2 is 1.57 bits per heavy atom. The molecule has 0 amide bonds. The molecule has 108 valence electrons. The van der Waals surface area contributed by atoms with Crippen molar-refractivity contribution >= 4 is 5.78 Å². The average Bonchev–Trinajstić information content (AvgIpc) is 3.27. The standard InChI is InChI=1S/C17H13F3O/c18-17(19,20)13-8-6-11(7-9-13)14-10-15(14)16(21)12-4-2-1-3-5-12/h1-9,14-15H,10H2. The zero-order valence-corrected chi connectivity index (χ0v) is 11.1. The van der Waals surface area contributed by atoms with Gasteiger partial charge in [-0.1, -0.05) is 42.5 Å². The minimum Gasteiger partial charge on any atom is -0.294 e. The molecule has 2 unspecified atom stereocenters. The largest absolute Gasteiger partial charge is 0.416 e. The van der Waals surface area contributed by atoms with E-state index in [9.17, 15) is 18.0 Å². The summed E-state index contributed by atoms with van der Waals surface area (Å²) in [6.45, 7) is 0. The van der Waals surface area contributed by atoms with Gasteiger partial charge in [-0.3, -0.25) is 4.79 Å². The molecule has 0 aromatic heterocycles. The second kappa shape index (κ2) is 5.02. The lowest BCUT2D eigenvalue weighted by Crippen LogP contribution is -2.05. The average molecular weight is 290 g/mol. The van der Waals surface area contributed by atoms with Gasteiger partial charge in [0.2, 0.25) is 0 Å². The fraction of sp³-hybridized carbons (Fsp3) is 0.235. The number of Topliss-reactive ketones (excluding diaryl/α,β-unsaturated/α-hetero) is 1. The van der Waals surface area contributed by atoms with Gasteiger partial charge in [0.15, 0.2) is 5.78 Å². The number of alkyl halides is 3. The van der Waals surface area contributed by atoms with E-state index in [2.05, 4.69) is 0 Å². The van der Waals surface area contributed by atoms with Gasteiger partial charge in [0.1, 0.15) is 0 Å². The number of halogens is 3. The van der Waals surface area contributed by atoms with Crippen molar-refractivity contribution in [2.75, 3.05) is 0 Å². The van der Waals surface area contributed by atoms with Crippen molar-refractivity contribution in [1.29, 1.82) is 0 Å². The molecule has 0 spiro atoms. The highest BCUT2D eigenvalue weighted by Crippen LogP contribution is 2.49. The van der Waals surface area contributed by atoms with Crippen LogP contribution in [-0.4, -0.2) is 5.78 Å². The molecule has 4 heteroatoms. The first-order valence-electron chi connectivity index (χ1n) is 6.73. The maximum atomic E-state index is 12.5. The number of carbonyl (C=O) groups excluding carboxylic acids is 1. The number of hydrogen-bond donors (Lipinski definition) is 0. The van der Waals surface area contributed by atoms with Gasteiger partial charge < -0.3 is 0 Å². The van der Waals surface area contributed by atoms with E-state index >= 15 is 0 Å². The van der Waals surface area contributed by atoms with Gasteiger partial charge in [-0.25, -0.2) is 0 Å². The second-order valence-corrected chi connectivity index (χ2v) is 5.30. The minimum atomic E-state index is -4.32. The lowest BCUT2D eigenvalue weighted by atomic mass is 10.0. The molecule has 1 nitrogen and oxygen atoms in total. The van der Waals surface area contributed by atoms with Gasteiger partial charge in [0.25, 0.3) is 0 Å². The van der Waals surface area contributed by atoms with Crippen LogP contribution in [0, 0.1) is 5.92 Å². The summed E-state index contributed by atoms with van der Waals surface area (Å²) >= 11 is 0. The predicted molar refractivity (Wildman–Crippen MR) is 73.1 cm³/mol. The topological polar surface area (TPSA) is 17.1 Å². The Labute approximate surface area is 120 Å². The Morgan fingerprint density at radius 3 is 2.14 bits per heavy atom. The number of benzene rings is 2. The monoisotopic (exact) mass is 290 g/mol. The van der Waals surface area contributed by atoms with E-state index in [-0.39, 0.29) is 17.6 Å². The van der Waals surface area contributed by atoms with Gasteiger partial charge >= 0.3 is 6.18 Å². The van der Waals surface area contributed by atoms with Crippen LogP contribution in [0.3, 0.4) is 0 Å². The van der Waals surface area contributed by atoms with Crippen LogP contribution in [0.4, 0.5) is 13.2 Å². The Bertz CT molecular complexity index is 644. The lowest BCUT2D eigenvalue weighted by molar-refractivity contribution is -0.137. The van der Waals surface area contributed by atoms with Crippen molar-refractivity contribution in [1.82, 2.24) is 0 Å². The minimum absolute atomic E-state index is 0.0417. The van der Waals surface area contributed by atoms with E-state index in [0.717, 1.165) is 17.7 Å². The molecule has 3 rings (SSSR count). The number of carbonyl (C=O) groups is 1. The molecule has 1 saturated carbocycles. The summed E-state index contributed by atoms with van der Waals surface area (Å²) in [6.07, 6.45) is -3.61. The molecule has 0 N–H and O–H groups in total. The first-order chi connectivity index (χ1) is 9.97. The molecule has 2 aromatic carbocycles. The van der Waals surface area contributed by atoms with Gasteiger partial charge in [-0.05, 0) is 30.0 Å². The van der Waals surface area contributed by atoms with Crippen molar-refractivity contribution in [2.24, 2.45) is 5.92 Å². The molecule has 0 saturated heterocycles. The molecule has 0 heterocycles. The van der Waals surface area contributed by atoms with Crippen LogP contribution in [0.25, 0.3) is 0 Å². The molecule has 0 radical (unpaired) electrons. The highest BCUT2D eigenvalue weighted by Gasteiger charge is 2.44. The summed E-state index contributed by atoms with van der Waals surface area (Å²) in [5.41, 5.74) is 0.812. The van der Waals surface area contributed by atoms with Gasteiger partial charge in [-0.15, -0.1) is 0 Å².